The van der Waals surface area contributed by atoms with Crippen molar-refractivity contribution in [2.75, 3.05) is 19.0 Å². The number of hydrogen-bond donors (Lipinski definition) is 0. The molecule has 0 atom stereocenters. The van der Waals surface area contributed by atoms with E-state index in [-0.39, 0.29) is 6.15 Å². The van der Waals surface area contributed by atoms with Gasteiger partial charge in [-0.1, -0.05) is 0 Å². The molecule has 3 nitrogen and oxygen atoms in total. The van der Waals surface area contributed by atoms with Crippen LogP contribution in [0.5, 0.6) is 0 Å². The Balaban J connectivity index is 0.000000816. The van der Waals surface area contributed by atoms with E-state index in [0.29, 0.717) is 0 Å². The Kier molecular flexibility index (Phi) is 5.74. The minimum Gasteiger partial charge on any atom is -0.377 e. The lowest BCUT2D eigenvalue weighted by molar-refractivity contribution is -0.191. The fraction of sp³-hybridized carbons (Fsp3) is 0.450. The van der Waals surface area contributed by atoms with E-state index in [9.17, 15) is 0 Å². The molecule has 3 heteroatoms. The molecule has 0 fully saturated rings. The third kappa shape index (κ3) is 3.02. The van der Waals surface area contributed by atoms with Crippen LogP contribution < -0.4 is 4.90 Å². The molecule has 0 aliphatic carbocycles. The van der Waals surface area contributed by atoms with Crippen molar-refractivity contribution in [3.63, 3.8) is 0 Å². The molecule has 0 N–H and O–H groups in total. The molecule has 0 aliphatic rings. The molecular weight excluding hydrogens is 286 g/mol. The van der Waals surface area contributed by atoms with E-state index in [0.717, 1.165) is 0 Å². The minimum absolute atomic E-state index is 0.250. The molecule has 0 aliphatic heterocycles. The molecule has 2 aromatic rings. The summed E-state index contributed by atoms with van der Waals surface area (Å²) in [6.07, 6.45) is 0.250. The molecule has 0 amide bonds. The summed E-state index contributed by atoms with van der Waals surface area (Å²) in [5.41, 5.74) is 11.4. The second-order valence-corrected chi connectivity index (χ2v) is 6.45. The molecule has 0 heterocycles. The highest BCUT2D eigenvalue weighted by Crippen LogP contribution is 2.40. The lowest BCUT2D eigenvalue weighted by Gasteiger charge is -2.26. The number of fused-ring (bicyclic) bond motifs is 1. The maximum Gasteiger partial charge on any atom is 0.373 e. The molecule has 23 heavy (non-hydrogen) atoms. The van der Waals surface area contributed by atoms with Crippen LogP contribution in [0.2, 0.25) is 0 Å². The van der Waals surface area contributed by atoms with Crippen molar-refractivity contribution in [1.29, 1.82) is 0 Å². The van der Waals surface area contributed by atoms with E-state index in [1.54, 1.807) is 0 Å². The first kappa shape index (κ1) is 18.9. The fourth-order valence-corrected chi connectivity index (χ4v) is 3.69. The Morgan fingerprint density at radius 1 is 0.565 bits per heavy atom. The molecule has 2 aromatic carbocycles. The molecule has 0 bridgehead atoms. The van der Waals surface area contributed by atoms with E-state index >= 15 is 0 Å². The summed E-state index contributed by atoms with van der Waals surface area (Å²) in [7, 11) is 4.29. The van der Waals surface area contributed by atoms with Crippen LogP contribution in [0.25, 0.3) is 10.8 Å². The monoisotopic (exact) mass is 313 g/mol. The maximum atomic E-state index is 8.12. The number of anilines is 1. The van der Waals surface area contributed by atoms with Crippen LogP contribution >= 0.6 is 0 Å². The van der Waals surface area contributed by atoms with Crippen LogP contribution in [-0.4, -0.2) is 20.2 Å². The molecule has 2 rings (SSSR count). The lowest BCUT2D eigenvalue weighted by atomic mass is 9.84. The van der Waals surface area contributed by atoms with Crippen molar-refractivity contribution in [2.45, 2.75) is 48.5 Å². The van der Waals surface area contributed by atoms with Gasteiger partial charge in [0, 0.05) is 19.8 Å². The Morgan fingerprint density at radius 2 is 0.870 bits per heavy atom. The highest BCUT2D eigenvalue weighted by Gasteiger charge is 2.18. The van der Waals surface area contributed by atoms with Gasteiger partial charge >= 0.3 is 6.15 Å². The van der Waals surface area contributed by atoms with Crippen LogP contribution in [0.4, 0.5) is 5.69 Å². The van der Waals surface area contributed by atoms with Gasteiger partial charge in [-0.2, -0.15) is 9.59 Å². The van der Waals surface area contributed by atoms with E-state index in [1.165, 1.54) is 55.4 Å². The van der Waals surface area contributed by atoms with Gasteiger partial charge in [-0.3, -0.25) is 0 Å². The fourth-order valence-electron chi connectivity index (χ4n) is 3.69. The van der Waals surface area contributed by atoms with Crippen LogP contribution in [0, 0.1) is 48.5 Å². The van der Waals surface area contributed by atoms with E-state index < -0.39 is 0 Å². The van der Waals surface area contributed by atoms with Gasteiger partial charge in [0.25, 0.3) is 0 Å². The molecule has 0 saturated carbocycles. The van der Waals surface area contributed by atoms with Crippen LogP contribution in [0.3, 0.4) is 0 Å². The van der Waals surface area contributed by atoms with Crippen molar-refractivity contribution >= 4 is 22.6 Å². The average molecular weight is 313 g/mol. The maximum absolute atomic E-state index is 8.12. The zero-order valence-corrected chi connectivity index (χ0v) is 15.8. The van der Waals surface area contributed by atoms with Gasteiger partial charge in [-0.25, -0.2) is 0 Å². The number of nitrogens with zero attached hydrogens (tertiary/aromatic N) is 1. The topological polar surface area (TPSA) is 37.4 Å². The number of benzene rings is 2. The number of carbonyl (C=O) groups excluding carboxylic acids is 2. The highest BCUT2D eigenvalue weighted by molar-refractivity contribution is 6.00. The molecule has 0 saturated heterocycles. The van der Waals surface area contributed by atoms with Gasteiger partial charge in [-0.05, 0) is 98.2 Å². The lowest BCUT2D eigenvalue weighted by Crippen LogP contribution is -2.14. The molecular formula is C20H27NO2. The van der Waals surface area contributed by atoms with Crippen LogP contribution in [0.15, 0.2) is 0 Å². The third-order valence-electron chi connectivity index (χ3n) is 5.16. The number of hydrogen-bond acceptors (Lipinski definition) is 3. The van der Waals surface area contributed by atoms with Gasteiger partial charge in [0.2, 0.25) is 0 Å². The van der Waals surface area contributed by atoms with Crippen molar-refractivity contribution in [2.24, 2.45) is 0 Å². The minimum atomic E-state index is 0.250. The van der Waals surface area contributed by atoms with E-state index in [2.05, 4.69) is 67.5 Å². The average Bonchev–Trinajstić information content (AvgIpc) is 2.47. The van der Waals surface area contributed by atoms with Gasteiger partial charge < -0.3 is 4.90 Å². The second-order valence-electron chi connectivity index (χ2n) is 6.45. The zero-order chi connectivity index (χ0) is 18.1. The van der Waals surface area contributed by atoms with Gasteiger partial charge in [0.05, 0.1) is 0 Å². The number of aryl methyl sites for hydroxylation is 4. The summed E-state index contributed by atoms with van der Waals surface area (Å²) in [5.74, 6) is 0. The highest BCUT2D eigenvalue weighted by atomic mass is 16.2. The van der Waals surface area contributed by atoms with Crippen LogP contribution in [0.1, 0.15) is 38.9 Å². The Morgan fingerprint density at radius 3 is 1.22 bits per heavy atom. The van der Waals surface area contributed by atoms with Gasteiger partial charge in [0.1, 0.15) is 0 Å². The predicted molar refractivity (Wildman–Crippen MR) is 96.4 cm³/mol. The largest absolute Gasteiger partial charge is 0.377 e. The standard InChI is InChI=1S/C19H27N.CO2/c1-10-11(2)13(4)18-16(7)19(20(8)9)15(6)14(5)17(18)12(10)3;2-1-3/h1-9H3;. The summed E-state index contributed by atoms with van der Waals surface area (Å²) in [6.45, 7) is 15.8. The van der Waals surface area contributed by atoms with Crippen molar-refractivity contribution in [3.05, 3.63) is 38.9 Å². The summed E-state index contributed by atoms with van der Waals surface area (Å²) in [6, 6.07) is 0. The van der Waals surface area contributed by atoms with E-state index in [4.69, 9.17) is 9.59 Å². The normalized spacial score (nSPS) is 10.1. The third-order valence-corrected chi connectivity index (χ3v) is 5.16. The van der Waals surface area contributed by atoms with Crippen molar-refractivity contribution in [3.8, 4) is 0 Å². The van der Waals surface area contributed by atoms with Crippen molar-refractivity contribution < 1.29 is 9.59 Å². The first-order valence-corrected chi connectivity index (χ1v) is 7.78. The van der Waals surface area contributed by atoms with Gasteiger partial charge in [-0.15, -0.1) is 0 Å². The smallest absolute Gasteiger partial charge is 0.373 e. The molecule has 124 valence electrons. The Hall–Kier alpha value is -2.12. The molecule has 0 unspecified atom stereocenters. The second kappa shape index (κ2) is 6.97. The van der Waals surface area contributed by atoms with Crippen molar-refractivity contribution in [1.82, 2.24) is 0 Å². The molecule has 0 radical (unpaired) electrons. The molecule has 0 spiro atoms. The predicted octanol–water partition coefficient (Wildman–Crippen LogP) is 4.48. The summed E-state index contributed by atoms with van der Waals surface area (Å²) < 4.78 is 0. The summed E-state index contributed by atoms with van der Waals surface area (Å²) in [5, 5.41) is 2.92. The number of rotatable bonds is 1. The summed E-state index contributed by atoms with van der Waals surface area (Å²) in [4.78, 5) is 18.5. The quantitative estimate of drug-likeness (QED) is 0.779. The van der Waals surface area contributed by atoms with E-state index in [1.807, 2.05) is 0 Å². The molecule has 0 aromatic heterocycles. The first-order chi connectivity index (χ1) is 10.6. The van der Waals surface area contributed by atoms with Crippen LogP contribution in [-0.2, 0) is 9.59 Å². The summed E-state index contributed by atoms with van der Waals surface area (Å²) >= 11 is 0. The SMILES string of the molecule is Cc1c(C)c(C)c2c(C)c(N(C)C)c(C)c(C)c2c1C.O=C=O. The Bertz CT molecular complexity index is 796. The Labute approximate surface area is 139 Å². The zero-order valence-electron chi connectivity index (χ0n) is 15.8. The van der Waals surface area contributed by atoms with Gasteiger partial charge in [0.15, 0.2) is 0 Å². The first-order valence-electron chi connectivity index (χ1n) is 7.78.